The maximum atomic E-state index is 13.0. The summed E-state index contributed by atoms with van der Waals surface area (Å²) in [6.45, 7) is 1.42. The van der Waals surface area contributed by atoms with Crippen molar-refractivity contribution in [2.75, 3.05) is 0 Å². The Morgan fingerprint density at radius 2 is 1.67 bits per heavy atom. The van der Waals surface area contributed by atoms with Crippen LogP contribution >= 0.6 is 0 Å². The number of aryl methyl sites for hydroxylation is 2. The van der Waals surface area contributed by atoms with E-state index in [-0.39, 0.29) is 11.8 Å². The fourth-order valence-electron chi connectivity index (χ4n) is 5.29. The lowest BCUT2D eigenvalue weighted by atomic mass is 9.83. The second-order valence-corrected chi connectivity index (χ2v) is 8.85. The number of rotatable bonds is 5. The van der Waals surface area contributed by atoms with Gasteiger partial charge in [0.05, 0.1) is 17.4 Å². The van der Waals surface area contributed by atoms with Crippen LogP contribution in [0.2, 0.25) is 0 Å². The molecule has 0 aliphatic carbocycles. The highest BCUT2D eigenvalue weighted by molar-refractivity contribution is 6.12. The molecule has 2 aliphatic rings. The molecular weight excluding hydrogens is 412 g/mol. The van der Waals surface area contributed by atoms with Gasteiger partial charge in [0.2, 0.25) is 11.8 Å². The van der Waals surface area contributed by atoms with Crippen molar-refractivity contribution in [3.8, 4) is 5.75 Å². The molecule has 33 heavy (non-hydrogen) atoms. The van der Waals surface area contributed by atoms with Gasteiger partial charge in [-0.15, -0.1) is 0 Å². The second kappa shape index (κ2) is 7.93. The van der Waals surface area contributed by atoms with Gasteiger partial charge in [0.1, 0.15) is 12.4 Å². The van der Waals surface area contributed by atoms with Crippen LogP contribution in [0.3, 0.4) is 0 Å². The van der Waals surface area contributed by atoms with E-state index in [1.807, 2.05) is 54.6 Å². The molecule has 1 fully saturated rings. The van der Waals surface area contributed by atoms with Crippen molar-refractivity contribution in [3.63, 3.8) is 0 Å². The van der Waals surface area contributed by atoms with Crippen molar-refractivity contribution in [2.45, 2.75) is 37.8 Å². The average molecular weight is 437 g/mol. The van der Waals surface area contributed by atoms with E-state index in [1.165, 1.54) is 11.1 Å². The number of aromatic nitrogens is 1. The number of para-hydroxylation sites is 1. The number of hydrogen-bond donors (Lipinski definition) is 1. The fraction of sp³-hybridized carbons (Fsp3) is 0.214. The van der Waals surface area contributed by atoms with Crippen molar-refractivity contribution in [1.82, 2.24) is 9.88 Å². The summed E-state index contributed by atoms with van der Waals surface area (Å²) in [7, 11) is 0. The minimum atomic E-state index is -0.552. The molecule has 4 aromatic rings. The highest BCUT2D eigenvalue weighted by Gasteiger charge is 2.44. The smallest absolute Gasteiger partial charge is 0.235 e. The fourth-order valence-corrected chi connectivity index (χ4v) is 5.29. The molecule has 0 bridgehead atoms. The predicted octanol–water partition coefficient (Wildman–Crippen LogP) is 4.69. The summed E-state index contributed by atoms with van der Waals surface area (Å²) >= 11 is 0. The van der Waals surface area contributed by atoms with E-state index < -0.39 is 11.8 Å². The molecule has 2 unspecified atom stereocenters. The normalized spacial score (nSPS) is 19.6. The summed E-state index contributed by atoms with van der Waals surface area (Å²) in [4.78, 5) is 25.9. The first-order valence-electron chi connectivity index (χ1n) is 11.4. The molecule has 2 amide bonds. The molecule has 1 N–H and O–H groups in total. The number of nitrogens with zero attached hydrogens (tertiary/aromatic N) is 1. The van der Waals surface area contributed by atoms with Crippen molar-refractivity contribution in [3.05, 3.63) is 101 Å². The van der Waals surface area contributed by atoms with Gasteiger partial charge in [0.15, 0.2) is 0 Å². The molecule has 6 rings (SSSR count). The summed E-state index contributed by atoms with van der Waals surface area (Å²) in [6, 6.07) is 23.8. The molecule has 5 nitrogen and oxygen atoms in total. The minimum absolute atomic E-state index is 0.224. The number of hydrogen-bond acceptors (Lipinski definition) is 3. The van der Waals surface area contributed by atoms with Gasteiger partial charge >= 0.3 is 0 Å². The first-order valence-corrected chi connectivity index (χ1v) is 11.4. The SMILES string of the molecule is O=C1NC(=O)C(c2cn3c4c(cccc24)CCC3)C1c1ccc(OCc2ccccc2)cc1. The van der Waals surface area contributed by atoms with Crippen LogP contribution < -0.4 is 10.1 Å². The number of ether oxygens (including phenoxy) is 1. The van der Waals surface area contributed by atoms with Gasteiger partial charge in [-0.1, -0.05) is 60.7 Å². The Kier molecular flexibility index (Phi) is 4.75. The van der Waals surface area contributed by atoms with Gasteiger partial charge in [-0.05, 0) is 47.2 Å². The number of carbonyl (C=O) groups excluding carboxylic acids is 2. The molecule has 1 aromatic heterocycles. The zero-order valence-electron chi connectivity index (χ0n) is 18.2. The zero-order chi connectivity index (χ0) is 22.4. The van der Waals surface area contributed by atoms with Gasteiger partial charge in [-0.3, -0.25) is 14.9 Å². The van der Waals surface area contributed by atoms with E-state index in [0.29, 0.717) is 6.61 Å². The van der Waals surface area contributed by atoms with Gasteiger partial charge in [0.25, 0.3) is 0 Å². The van der Waals surface area contributed by atoms with Crippen LogP contribution in [0, 0.1) is 0 Å². The van der Waals surface area contributed by atoms with E-state index in [9.17, 15) is 9.59 Å². The maximum absolute atomic E-state index is 13.0. The van der Waals surface area contributed by atoms with Crippen molar-refractivity contribution in [2.24, 2.45) is 0 Å². The number of benzene rings is 3. The molecule has 0 radical (unpaired) electrons. The molecule has 3 aromatic carbocycles. The quantitative estimate of drug-likeness (QED) is 0.462. The number of amides is 2. The zero-order valence-corrected chi connectivity index (χ0v) is 18.2. The monoisotopic (exact) mass is 436 g/mol. The van der Waals surface area contributed by atoms with Crippen LogP contribution in [-0.2, 0) is 29.2 Å². The van der Waals surface area contributed by atoms with E-state index in [4.69, 9.17) is 4.74 Å². The number of carbonyl (C=O) groups is 2. The molecule has 5 heteroatoms. The Morgan fingerprint density at radius 1 is 0.879 bits per heavy atom. The van der Waals surface area contributed by atoms with Crippen LogP contribution in [0.4, 0.5) is 0 Å². The standard InChI is InChI=1S/C28H24N2O3/c31-27-24(19-11-13-21(14-12-19)33-17-18-6-2-1-3-7-18)25(28(32)29-27)23-16-30-15-5-9-20-8-4-10-22(23)26(20)30/h1-4,6-8,10-14,16,24-25H,5,9,15,17H2,(H,29,31,32). The van der Waals surface area contributed by atoms with Crippen LogP contribution in [0.25, 0.3) is 10.9 Å². The van der Waals surface area contributed by atoms with Crippen molar-refractivity contribution in [1.29, 1.82) is 0 Å². The first-order chi connectivity index (χ1) is 16.2. The molecule has 2 atom stereocenters. The Balaban J connectivity index is 1.32. The van der Waals surface area contributed by atoms with Crippen LogP contribution in [0.5, 0.6) is 5.75 Å². The summed E-state index contributed by atoms with van der Waals surface area (Å²) in [5.74, 6) is -0.821. The summed E-state index contributed by atoms with van der Waals surface area (Å²) in [6.07, 6.45) is 4.22. The lowest BCUT2D eigenvalue weighted by Gasteiger charge is -2.16. The third-order valence-electron chi connectivity index (χ3n) is 6.83. The lowest BCUT2D eigenvalue weighted by Crippen LogP contribution is -2.21. The highest BCUT2D eigenvalue weighted by atomic mass is 16.5. The Bertz CT molecular complexity index is 1360. The van der Waals surface area contributed by atoms with E-state index in [2.05, 4.69) is 34.3 Å². The van der Waals surface area contributed by atoms with Crippen LogP contribution in [0.1, 0.15) is 40.5 Å². The topological polar surface area (TPSA) is 60.3 Å². The van der Waals surface area contributed by atoms with Crippen molar-refractivity contribution < 1.29 is 14.3 Å². The summed E-state index contributed by atoms with van der Waals surface area (Å²) in [5.41, 5.74) is 5.37. The molecule has 2 aliphatic heterocycles. The second-order valence-electron chi connectivity index (χ2n) is 8.85. The summed E-state index contributed by atoms with van der Waals surface area (Å²) < 4.78 is 8.14. The third kappa shape index (κ3) is 3.41. The lowest BCUT2D eigenvalue weighted by molar-refractivity contribution is -0.125. The highest BCUT2D eigenvalue weighted by Crippen LogP contribution is 2.42. The third-order valence-corrected chi connectivity index (χ3v) is 6.83. The maximum Gasteiger partial charge on any atom is 0.235 e. The van der Waals surface area contributed by atoms with Gasteiger partial charge in [-0.25, -0.2) is 0 Å². The molecule has 3 heterocycles. The van der Waals surface area contributed by atoms with E-state index in [1.54, 1.807) is 0 Å². The van der Waals surface area contributed by atoms with Crippen LogP contribution in [0.15, 0.2) is 79.0 Å². The molecule has 164 valence electrons. The molecule has 0 spiro atoms. The predicted molar refractivity (Wildman–Crippen MR) is 126 cm³/mol. The van der Waals surface area contributed by atoms with Gasteiger partial charge < -0.3 is 9.30 Å². The van der Waals surface area contributed by atoms with E-state index in [0.717, 1.165) is 47.2 Å². The van der Waals surface area contributed by atoms with Gasteiger partial charge in [0, 0.05) is 18.1 Å². The van der Waals surface area contributed by atoms with E-state index >= 15 is 0 Å². The Morgan fingerprint density at radius 3 is 2.48 bits per heavy atom. The molecule has 1 saturated heterocycles. The molecular formula is C28H24N2O3. The Labute approximate surface area is 192 Å². The summed E-state index contributed by atoms with van der Waals surface area (Å²) in [5, 5.41) is 3.66. The largest absolute Gasteiger partial charge is 0.489 e. The average Bonchev–Trinajstić information content (AvgIpc) is 3.36. The number of nitrogens with one attached hydrogen (secondary N) is 1. The van der Waals surface area contributed by atoms with Crippen LogP contribution in [-0.4, -0.2) is 16.4 Å². The van der Waals surface area contributed by atoms with Crippen molar-refractivity contribution >= 4 is 22.7 Å². The first kappa shape index (κ1) is 19.8. The number of imide groups is 1. The van der Waals surface area contributed by atoms with Gasteiger partial charge in [-0.2, -0.15) is 0 Å². The molecule has 0 saturated carbocycles. The Hall–Kier alpha value is -3.86. The minimum Gasteiger partial charge on any atom is -0.489 e.